The number of nitrogens with zero attached hydrogens (tertiary/aromatic N) is 3. The molecule has 2 heterocycles. The molecule has 0 saturated heterocycles. The summed E-state index contributed by atoms with van der Waals surface area (Å²) < 4.78 is 0.840. The minimum atomic E-state index is 0.501. The average Bonchev–Trinajstić information content (AvgIpc) is 3.18. The third kappa shape index (κ3) is 2.02. The fourth-order valence-corrected chi connectivity index (χ4v) is 2.24. The van der Waals surface area contributed by atoms with E-state index in [4.69, 9.17) is 5.73 Å². The molecule has 0 radical (unpaired) electrons. The molecule has 2 aromatic heterocycles. The molecule has 3 rings (SSSR count). The average molecular weight is 291 g/mol. The van der Waals surface area contributed by atoms with Crippen LogP contribution in [-0.4, -0.2) is 15.0 Å². The SMILES string of the molecule is Nc1nc(-c2cccnc2)nc(C2CC2)c1Br. The van der Waals surface area contributed by atoms with Crippen molar-refractivity contribution in [2.45, 2.75) is 18.8 Å². The maximum Gasteiger partial charge on any atom is 0.163 e. The van der Waals surface area contributed by atoms with E-state index in [1.54, 1.807) is 12.4 Å². The van der Waals surface area contributed by atoms with Crippen molar-refractivity contribution in [2.75, 3.05) is 5.73 Å². The summed E-state index contributed by atoms with van der Waals surface area (Å²) in [6.45, 7) is 0. The summed E-state index contributed by atoms with van der Waals surface area (Å²) in [6, 6.07) is 3.81. The molecule has 1 aliphatic carbocycles. The number of pyridine rings is 1. The van der Waals surface area contributed by atoms with Gasteiger partial charge in [-0.25, -0.2) is 9.97 Å². The van der Waals surface area contributed by atoms with E-state index in [0.717, 1.165) is 15.7 Å². The van der Waals surface area contributed by atoms with Gasteiger partial charge in [0.2, 0.25) is 0 Å². The van der Waals surface area contributed by atoms with Gasteiger partial charge in [-0.15, -0.1) is 0 Å². The van der Waals surface area contributed by atoms with Gasteiger partial charge in [0.25, 0.3) is 0 Å². The Labute approximate surface area is 107 Å². The molecule has 1 fully saturated rings. The summed E-state index contributed by atoms with van der Waals surface area (Å²) >= 11 is 3.46. The molecule has 4 nitrogen and oxygen atoms in total. The molecular formula is C12H11BrN4. The van der Waals surface area contributed by atoms with E-state index < -0.39 is 0 Å². The first-order valence-corrected chi connectivity index (χ1v) is 6.28. The molecule has 1 saturated carbocycles. The van der Waals surface area contributed by atoms with Crippen molar-refractivity contribution in [1.82, 2.24) is 15.0 Å². The quantitative estimate of drug-likeness (QED) is 0.924. The van der Waals surface area contributed by atoms with Crippen molar-refractivity contribution in [3.8, 4) is 11.4 Å². The van der Waals surface area contributed by atoms with Crippen LogP contribution in [-0.2, 0) is 0 Å². The molecule has 2 aromatic rings. The number of hydrogen-bond donors (Lipinski definition) is 1. The number of nitrogens with two attached hydrogens (primary N) is 1. The highest BCUT2D eigenvalue weighted by Crippen LogP contribution is 2.43. The van der Waals surface area contributed by atoms with Crippen LogP contribution < -0.4 is 5.73 Å². The lowest BCUT2D eigenvalue weighted by molar-refractivity contribution is 0.983. The monoisotopic (exact) mass is 290 g/mol. The normalized spacial score (nSPS) is 14.9. The standard InChI is InChI=1S/C12H11BrN4/c13-9-10(7-3-4-7)16-12(17-11(9)14)8-2-1-5-15-6-8/h1-2,5-7H,3-4H2,(H2,14,16,17). The molecule has 2 N–H and O–H groups in total. The predicted octanol–water partition coefficient (Wildman–Crippen LogP) is 2.76. The lowest BCUT2D eigenvalue weighted by Crippen LogP contribution is -2.02. The van der Waals surface area contributed by atoms with E-state index in [2.05, 4.69) is 30.9 Å². The first-order valence-electron chi connectivity index (χ1n) is 5.49. The zero-order valence-corrected chi connectivity index (χ0v) is 10.7. The fraction of sp³-hybridized carbons (Fsp3) is 0.250. The van der Waals surface area contributed by atoms with Gasteiger partial charge in [-0.2, -0.15) is 0 Å². The summed E-state index contributed by atoms with van der Waals surface area (Å²) in [5.41, 5.74) is 7.83. The van der Waals surface area contributed by atoms with Gasteiger partial charge in [0.05, 0.1) is 10.2 Å². The summed E-state index contributed by atoms with van der Waals surface area (Å²) in [6.07, 6.45) is 5.84. The van der Waals surface area contributed by atoms with Gasteiger partial charge in [-0.05, 0) is 40.9 Å². The molecule has 0 atom stereocenters. The molecule has 86 valence electrons. The number of hydrogen-bond acceptors (Lipinski definition) is 4. The fourth-order valence-electron chi connectivity index (χ4n) is 1.73. The number of anilines is 1. The maximum atomic E-state index is 5.91. The molecule has 0 aliphatic heterocycles. The number of aromatic nitrogens is 3. The van der Waals surface area contributed by atoms with Crippen LogP contribution in [0.25, 0.3) is 11.4 Å². The van der Waals surface area contributed by atoms with Crippen LogP contribution in [0.1, 0.15) is 24.5 Å². The molecule has 0 unspecified atom stereocenters. The van der Waals surface area contributed by atoms with E-state index in [1.165, 1.54) is 12.8 Å². The Morgan fingerprint density at radius 1 is 1.29 bits per heavy atom. The highest BCUT2D eigenvalue weighted by atomic mass is 79.9. The Bertz CT molecular complexity index is 552. The van der Waals surface area contributed by atoms with Crippen molar-refractivity contribution in [3.63, 3.8) is 0 Å². The number of nitrogen functional groups attached to an aromatic ring is 1. The molecule has 17 heavy (non-hydrogen) atoms. The van der Waals surface area contributed by atoms with Crippen LogP contribution >= 0.6 is 15.9 Å². The van der Waals surface area contributed by atoms with E-state index in [-0.39, 0.29) is 0 Å². The predicted molar refractivity (Wildman–Crippen MR) is 69.4 cm³/mol. The summed E-state index contributed by atoms with van der Waals surface area (Å²) in [7, 11) is 0. The van der Waals surface area contributed by atoms with E-state index in [0.29, 0.717) is 17.6 Å². The smallest absolute Gasteiger partial charge is 0.163 e. The minimum Gasteiger partial charge on any atom is -0.383 e. The van der Waals surface area contributed by atoms with E-state index in [1.807, 2.05) is 12.1 Å². The zero-order valence-electron chi connectivity index (χ0n) is 9.10. The van der Waals surface area contributed by atoms with Crippen LogP contribution in [0.4, 0.5) is 5.82 Å². The molecule has 5 heteroatoms. The van der Waals surface area contributed by atoms with Crippen molar-refractivity contribution in [2.24, 2.45) is 0 Å². The lowest BCUT2D eigenvalue weighted by atomic mass is 10.2. The first-order chi connectivity index (χ1) is 8.25. The summed E-state index contributed by atoms with van der Waals surface area (Å²) in [5, 5.41) is 0. The Morgan fingerprint density at radius 2 is 2.12 bits per heavy atom. The Balaban J connectivity index is 2.12. The molecule has 1 aliphatic rings. The van der Waals surface area contributed by atoms with Gasteiger partial charge < -0.3 is 5.73 Å². The third-order valence-electron chi connectivity index (χ3n) is 2.79. The van der Waals surface area contributed by atoms with Gasteiger partial charge in [0, 0.05) is 23.9 Å². The Morgan fingerprint density at radius 3 is 2.76 bits per heavy atom. The highest BCUT2D eigenvalue weighted by molar-refractivity contribution is 9.10. The van der Waals surface area contributed by atoms with Crippen molar-refractivity contribution >= 4 is 21.7 Å². The number of rotatable bonds is 2. The highest BCUT2D eigenvalue weighted by Gasteiger charge is 2.29. The zero-order chi connectivity index (χ0) is 11.8. The van der Waals surface area contributed by atoms with Gasteiger partial charge in [-0.1, -0.05) is 0 Å². The van der Waals surface area contributed by atoms with Crippen LogP contribution in [0.5, 0.6) is 0 Å². The molecule has 0 amide bonds. The lowest BCUT2D eigenvalue weighted by Gasteiger charge is -2.07. The largest absolute Gasteiger partial charge is 0.383 e. The second-order valence-corrected chi connectivity index (χ2v) is 4.94. The molecule has 0 aromatic carbocycles. The minimum absolute atomic E-state index is 0.501. The van der Waals surface area contributed by atoms with E-state index in [9.17, 15) is 0 Å². The summed E-state index contributed by atoms with van der Waals surface area (Å²) in [5.74, 6) is 1.69. The van der Waals surface area contributed by atoms with E-state index >= 15 is 0 Å². The van der Waals surface area contributed by atoms with Gasteiger partial charge in [-0.3, -0.25) is 4.98 Å². The van der Waals surface area contributed by atoms with Crippen LogP contribution in [0.3, 0.4) is 0 Å². The van der Waals surface area contributed by atoms with Crippen LogP contribution in [0.2, 0.25) is 0 Å². The second-order valence-electron chi connectivity index (χ2n) is 4.15. The van der Waals surface area contributed by atoms with Gasteiger partial charge in [0.1, 0.15) is 5.82 Å². The van der Waals surface area contributed by atoms with Gasteiger partial charge >= 0.3 is 0 Å². The molecular weight excluding hydrogens is 280 g/mol. The van der Waals surface area contributed by atoms with Crippen LogP contribution in [0, 0.1) is 0 Å². The maximum absolute atomic E-state index is 5.91. The van der Waals surface area contributed by atoms with Crippen molar-refractivity contribution < 1.29 is 0 Å². The molecule has 0 spiro atoms. The van der Waals surface area contributed by atoms with Crippen molar-refractivity contribution in [1.29, 1.82) is 0 Å². The first kappa shape index (κ1) is 10.7. The van der Waals surface area contributed by atoms with Gasteiger partial charge in [0.15, 0.2) is 5.82 Å². The van der Waals surface area contributed by atoms with Crippen molar-refractivity contribution in [3.05, 3.63) is 34.7 Å². The summed E-state index contributed by atoms with van der Waals surface area (Å²) in [4.78, 5) is 13.0. The van der Waals surface area contributed by atoms with Crippen LogP contribution in [0.15, 0.2) is 29.0 Å². The third-order valence-corrected chi connectivity index (χ3v) is 3.60. The Kier molecular flexibility index (Phi) is 2.55. The Hall–Kier alpha value is -1.49. The topological polar surface area (TPSA) is 64.7 Å². The number of halogens is 1. The molecule has 0 bridgehead atoms. The second kappa shape index (κ2) is 4.07.